The topological polar surface area (TPSA) is 51.8 Å². The molecule has 0 spiro atoms. The minimum atomic E-state index is -2.11. The lowest BCUT2D eigenvalue weighted by Crippen LogP contribution is -2.49. The summed E-state index contributed by atoms with van der Waals surface area (Å²) in [6.07, 6.45) is 0. The fourth-order valence-corrected chi connectivity index (χ4v) is 11.7. The van der Waals surface area contributed by atoms with E-state index in [0.29, 0.717) is 17.5 Å². The molecule has 11 rings (SSSR count). The first-order valence-corrected chi connectivity index (χ1v) is 21.4. The smallest absolute Gasteiger partial charge is 0.164 e. The number of nitrogens with zero attached hydrogens (tertiary/aromatic N) is 3. The van der Waals surface area contributed by atoms with Gasteiger partial charge >= 0.3 is 0 Å². The van der Waals surface area contributed by atoms with Gasteiger partial charge in [0, 0.05) is 33.0 Å². The molecule has 2 aromatic heterocycles. The molecule has 0 amide bonds. The molecular formula is C49H33N3OSi. The van der Waals surface area contributed by atoms with Crippen molar-refractivity contribution in [2.45, 2.75) is 13.1 Å². The highest BCUT2D eigenvalue weighted by Gasteiger charge is 2.40. The van der Waals surface area contributed by atoms with Crippen LogP contribution in [0.4, 0.5) is 0 Å². The minimum Gasteiger partial charge on any atom is -0.455 e. The molecule has 0 N–H and O–H groups in total. The van der Waals surface area contributed by atoms with Crippen molar-refractivity contribution >= 4 is 61.9 Å². The second kappa shape index (κ2) is 11.7. The highest BCUT2D eigenvalue weighted by molar-refractivity contribution is 7.04. The van der Waals surface area contributed by atoms with E-state index in [-0.39, 0.29) is 0 Å². The van der Waals surface area contributed by atoms with Crippen molar-refractivity contribution in [3.05, 3.63) is 164 Å². The van der Waals surface area contributed by atoms with Gasteiger partial charge in [-0.3, -0.25) is 0 Å². The molecule has 254 valence electrons. The SMILES string of the molecule is C[Si]1(C)c2ccccc2-c2c1cc(-c1nc(-c3ccc4ccc5ccccc5c4c3)nc(-c3ccccc3-c3ccccc3)n1)c1c2oc2ccccc21. The number of hydrogen-bond donors (Lipinski definition) is 0. The zero-order valence-electron chi connectivity index (χ0n) is 29.8. The van der Waals surface area contributed by atoms with Crippen molar-refractivity contribution in [1.29, 1.82) is 0 Å². The van der Waals surface area contributed by atoms with Gasteiger partial charge in [-0.25, -0.2) is 15.0 Å². The second-order valence-electron chi connectivity index (χ2n) is 14.8. The normalized spacial score (nSPS) is 13.1. The number of para-hydroxylation sites is 1. The summed E-state index contributed by atoms with van der Waals surface area (Å²) in [5.41, 5.74) is 9.29. The van der Waals surface area contributed by atoms with E-state index < -0.39 is 8.07 Å². The summed E-state index contributed by atoms with van der Waals surface area (Å²) in [6.45, 7) is 4.88. The van der Waals surface area contributed by atoms with Gasteiger partial charge in [0.05, 0.1) is 0 Å². The lowest BCUT2D eigenvalue weighted by atomic mass is 9.97. The zero-order chi connectivity index (χ0) is 36.0. The van der Waals surface area contributed by atoms with Crippen LogP contribution in [0.3, 0.4) is 0 Å². The van der Waals surface area contributed by atoms with Crippen LogP contribution in [0.5, 0.6) is 0 Å². The van der Waals surface area contributed by atoms with E-state index in [1.54, 1.807) is 0 Å². The van der Waals surface area contributed by atoms with Gasteiger partial charge in [0.1, 0.15) is 19.2 Å². The van der Waals surface area contributed by atoms with Crippen LogP contribution in [-0.2, 0) is 0 Å². The Balaban J connectivity index is 1.24. The lowest BCUT2D eigenvalue weighted by molar-refractivity contribution is 0.670. The summed E-state index contributed by atoms with van der Waals surface area (Å²) in [5, 5.41) is 9.62. The van der Waals surface area contributed by atoms with Gasteiger partial charge in [0.2, 0.25) is 0 Å². The molecule has 54 heavy (non-hydrogen) atoms. The molecule has 10 aromatic rings. The van der Waals surface area contributed by atoms with Crippen LogP contribution in [0.1, 0.15) is 0 Å². The number of rotatable bonds is 4. The molecule has 0 unspecified atom stereocenters. The van der Waals surface area contributed by atoms with Crippen LogP contribution in [0.15, 0.2) is 168 Å². The first-order valence-electron chi connectivity index (χ1n) is 18.4. The molecule has 0 fully saturated rings. The lowest BCUT2D eigenvalue weighted by Gasteiger charge is -2.19. The Morgan fingerprint density at radius 3 is 1.87 bits per heavy atom. The largest absolute Gasteiger partial charge is 0.455 e. The van der Waals surface area contributed by atoms with Crippen molar-refractivity contribution in [3.8, 4) is 56.4 Å². The average Bonchev–Trinajstić information content (AvgIpc) is 3.73. The molecule has 5 heteroatoms. The number of benzene rings is 8. The van der Waals surface area contributed by atoms with Crippen molar-refractivity contribution in [2.24, 2.45) is 0 Å². The third-order valence-corrected chi connectivity index (χ3v) is 14.9. The van der Waals surface area contributed by atoms with E-state index in [1.807, 2.05) is 12.1 Å². The predicted octanol–water partition coefficient (Wildman–Crippen LogP) is 11.5. The molecule has 0 bridgehead atoms. The Morgan fingerprint density at radius 2 is 1.04 bits per heavy atom. The Kier molecular flexibility index (Phi) is 6.67. The highest BCUT2D eigenvalue weighted by Crippen LogP contribution is 2.44. The minimum absolute atomic E-state index is 0.633. The van der Waals surface area contributed by atoms with Gasteiger partial charge in [0.15, 0.2) is 17.5 Å². The first-order chi connectivity index (χ1) is 26.5. The fraction of sp³-hybridized carbons (Fsp3) is 0.0408. The second-order valence-corrected chi connectivity index (χ2v) is 19.1. The maximum absolute atomic E-state index is 6.85. The summed E-state index contributed by atoms with van der Waals surface area (Å²) in [7, 11) is -2.11. The van der Waals surface area contributed by atoms with E-state index in [2.05, 4.69) is 165 Å². The fourth-order valence-electron chi connectivity index (χ4n) is 8.66. The van der Waals surface area contributed by atoms with Gasteiger partial charge in [-0.15, -0.1) is 0 Å². The van der Waals surface area contributed by atoms with Crippen LogP contribution in [-0.4, -0.2) is 23.0 Å². The summed E-state index contributed by atoms with van der Waals surface area (Å²) < 4.78 is 6.85. The van der Waals surface area contributed by atoms with Crippen LogP contribution in [0, 0.1) is 0 Å². The monoisotopic (exact) mass is 707 g/mol. The Bertz CT molecular complexity index is 3150. The third kappa shape index (κ3) is 4.58. The van der Waals surface area contributed by atoms with Crippen molar-refractivity contribution in [1.82, 2.24) is 15.0 Å². The van der Waals surface area contributed by atoms with Crippen molar-refractivity contribution < 1.29 is 4.42 Å². The summed E-state index contributed by atoms with van der Waals surface area (Å²) in [5.74, 6) is 1.90. The molecular weight excluding hydrogens is 675 g/mol. The maximum Gasteiger partial charge on any atom is 0.164 e. The Hall–Kier alpha value is -6.69. The van der Waals surface area contributed by atoms with E-state index in [4.69, 9.17) is 19.4 Å². The molecule has 3 heterocycles. The molecule has 0 radical (unpaired) electrons. The number of furan rings is 1. The quantitative estimate of drug-likeness (QED) is 0.135. The van der Waals surface area contributed by atoms with E-state index in [0.717, 1.165) is 49.8 Å². The predicted molar refractivity (Wildman–Crippen MR) is 226 cm³/mol. The standard InChI is InChI=1S/C49H33N3OSi/c1-54(2)42-23-13-11-21-38(42)45-43(54)29-40(44-37-20-10-12-22-41(37)53-46(44)45)49-51-47(33-27-26-32-25-24-31-16-6-7-18-35(31)39(32)28-33)50-48(52-49)36-19-9-8-17-34(36)30-14-4-3-5-15-30/h3-29H,1-2H3. The number of hydrogen-bond acceptors (Lipinski definition) is 4. The third-order valence-electron chi connectivity index (χ3n) is 11.3. The molecule has 1 aliphatic rings. The maximum atomic E-state index is 6.85. The van der Waals surface area contributed by atoms with Crippen molar-refractivity contribution in [3.63, 3.8) is 0 Å². The molecule has 4 nitrogen and oxygen atoms in total. The number of fused-ring (bicyclic) bond motifs is 10. The Morgan fingerprint density at radius 1 is 0.426 bits per heavy atom. The van der Waals surface area contributed by atoms with Crippen LogP contribution < -0.4 is 10.4 Å². The van der Waals surface area contributed by atoms with Gasteiger partial charge in [-0.1, -0.05) is 159 Å². The van der Waals surface area contributed by atoms with Crippen LogP contribution in [0.2, 0.25) is 13.1 Å². The van der Waals surface area contributed by atoms with Crippen LogP contribution >= 0.6 is 0 Å². The molecule has 0 atom stereocenters. The van der Waals surface area contributed by atoms with Crippen molar-refractivity contribution in [2.75, 3.05) is 0 Å². The summed E-state index contributed by atoms with van der Waals surface area (Å²) >= 11 is 0. The molecule has 0 saturated heterocycles. The van der Waals surface area contributed by atoms with E-state index in [1.165, 1.54) is 43.0 Å². The van der Waals surface area contributed by atoms with Gasteiger partial charge in [-0.2, -0.15) is 0 Å². The van der Waals surface area contributed by atoms with E-state index in [9.17, 15) is 0 Å². The van der Waals surface area contributed by atoms with Gasteiger partial charge in [-0.05, 0) is 66.8 Å². The van der Waals surface area contributed by atoms with Gasteiger partial charge < -0.3 is 4.42 Å². The average molecular weight is 708 g/mol. The first kappa shape index (κ1) is 30.9. The van der Waals surface area contributed by atoms with Crippen LogP contribution in [0.25, 0.3) is 99.9 Å². The van der Waals surface area contributed by atoms with Gasteiger partial charge in [0.25, 0.3) is 0 Å². The zero-order valence-corrected chi connectivity index (χ0v) is 30.8. The molecule has 1 aliphatic heterocycles. The van der Waals surface area contributed by atoms with E-state index >= 15 is 0 Å². The highest BCUT2D eigenvalue weighted by atomic mass is 28.3. The summed E-state index contributed by atoms with van der Waals surface area (Å²) in [6, 6.07) is 58.0. The molecule has 0 aliphatic carbocycles. The molecule has 0 saturated carbocycles. The summed E-state index contributed by atoms with van der Waals surface area (Å²) in [4.78, 5) is 16.1. The molecule has 8 aromatic carbocycles. The number of aromatic nitrogens is 3. The Labute approximate surface area is 313 Å².